The van der Waals surface area contributed by atoms with Crippen LogP contribution in [0.4, 0.5) is 5.69 Å². The molecule has 0 spiro atoms. The van der Waals surface area contributed by atoms with E-state index in [1.807, 2.05) is 41.3 Å². The summed E-state index contributed by atoms with van der Waals surface area (Å²) in [6.07, 6.45) is 5.44. The predicted molar refractivity (Wildman–Crippen MR) is 113 cm³/mol. The van der Waals surface area contributed by atoms with Crippen molar-refractivity contribution in [1.29, 1.82) is 0 Å². The van der Waals surface area contributed by atoms with Crippen LogP contribution in [0, 0.1) is 0 Å². The van der Waals surface area contributed by atoms with E-state index in [2.05, 4.69) is 11.4 Å². The van der Waals surface area contributed by atoms with E-state index in [1.165, 1.54) is 24.0 Å². The highest BCUT2D eigenvalue weighted by atomic mass is 16.5. The highest BCUT2D eigenvalue weighted by molar-refractivity contribution is 5.95. The van der Waals surface area contributed by atoms with Crippen molar-refractivity contribution < 1.29 is 14.3 Å². The zero-order valence-electron chi connectivity index (χ0n) is 16.9. The van der Waals surface area contributed by atoms with Crippen LogP contribution in [0.15, 0.2) is 42.5 Å². The molecule has 1 aliphatic heterocycles. The first-order chi connectivity index (χ1) is 14.1. The van der Waals surface area contributed by atoms with Gasteiger partial charge in [-0.1, -0.05) is 24.3 Å². The van der Waals surface area contributed by atoms with Crippen molar-refractivity contribution in [3.8, 4) is 5.75 Å². The van der Waals surface area contributed by atoms with E-state index < -0.39 is 6.10 Å². The summed E-state index contributed by atoms with van der Waals surface area (Å²) in [7, 11) is 0. The molecule has 1 N–H and O–H groups in total. The second-order valence-corrected chi connectivity index (χ2v) is 7.90. The average molecular weight is 392 g/mol. The number of aryl methyl sites for hydroxylation is 1. The lowest BCUT2D eigenvalue weighted by Gasteiger charge is -2.22. The Bertz CT molecular complexity index is 909. The maximum atomic E-state index is 12.6. The van der Waals surface area contributed by atoms with Gasteiger partial charge < -0.3 is 15.0 Å². The van der Waals surface area contributed by atoms with Gasteiger partial charge in [0.25, 0.3) is 5.91 Å². The van der Waals surface area contributed by atoms with Crippen molar-refractivity contribution in [3.05, 3.63) is 59.2 Å². The second kappa shape index (κ2) is 8.68. The normalized spacial score (nSPS) is 17.0. The van der Waals surface area contributed by atoms with Gasteiger partial charge in [0.15, 0.2) is 6.10 Å². The maximum Gasteiger partial charge on any atom is 0.261 e. The fraction of sp³-hybridized carbons (Fsp3) is 0.417. The number of hydrogen-bond donors (Lipinski definition) is 1. The van der Waals surface area contributed by atoms with Crippen LogP contribution in [0.5, 0.6) is 5.75 Å². The van der Waals surface area contributed by atoms with Crippen molar-refractivity contribution in [1.82, 2.24) is 5.32 Å². The average Bonchev–Trinajstić information content (AvgIpc) is 3.18. The molecular formula is C24H28N2O3. The fourth-order valence-electron chi connectivity index (χ4n) is 4.19. The zero-order chi connectivity index (χ0) is 20.2. The maximum absolute atomic E-state index is 12.6. The fourth-order valence-corrected chi connectivity index (χ4v) is 4.19. The number of amides is 2. The van der Waals surface area contributed by atoms with E-state index in [-0.39, 0.29) is 11.8 Å². The van der Waals surface area contributed by atoms with Crippen LogP contribution in [0.25, 0.3) is 0 Å². The minimum absolute atomic E-state index is 0.138. The summed E-state index contributed by atoms with van der Waals surface area (Å²) < 4.78 is 6.02. The molecule has 0 bridgehead atoms. The number of carbonyl (C=O) groups excluding carboxylic acids is 2. The lowest BCUT2D eigenvalue weighted by Crippen LogP contribution is -2.36. The number of nitrogens with zero attached hydrogens (tertiary/aromatic N) is 1. The van der Waals surface area contributed by atoms with E-state index >= 15 is 0 Å². The summed E-state index contributed by atoms with van der Waals surface area (Å²) in [6.45, 7) is 2.97. The minimum Gasteiger partial charge on any atom is -0.481 e. The molecule has 0 unspecified atom stereocenters. The Morgan fingerprint density at radius 2 is 1.93 bits per heavy atom. The SMILES string of the molecule is C[C@H](Oc1cccc2c1CCCC2)C(=O)NCc1cccc(N2CCCC2=O)c1. The van der Waals surface area contributed by atoms with Crippen molar-refractivity contribution >= 4 is 17.5 Å². The van der Waals surface area contributed by atoms with Crippen LogP contribution in [0.2, 0.25) is 0 Å². The third kappa shape index (κ3) is 4.44. The molecule has 2 aromatic carbocycles. The molecule has 1 aliphatic carbocycles. The van der Waals surface area contributed by atoms with Crippen LogP contribution in [-0.4, -0.2) is 24.5 Å². The molecule has 1 fully saturated rings. The molecule has 152 valence electrons. The molecular weight excluding hydrogens is 364 g/mol. The standard InChI is InChI=1S/C24H28N2O3/c1-17(29-22-12-5-9-19-8-2-3-11-21(19)22)24(28)25-16-18-7-4-10-20(15-18)26-14-6-13-23(26)27/h4-5,7,9-10,12,15,17H,2-3,6,8,11,13-14,16H2,1H3,(H,25,28)/t17-/m0/s1. The number of ether oxygens (including phenoxy) is 1. The summed E-state index contributed by atoms with van der Waals surface area (Å²) in [6, 6.07) is 13.9. The Labute approximate surface area is 172 Å². The van der Waals surface area contributed by atoms with E-state index in [9.17, 15) is 9.59 Å². The van der Waals surface area contributed by atoms with Gasteiger partial charge in [0, 0.05) is 25.2 Å². The molecule has 2 aliphatic rings. The van der Waals surface area contributed by atoms with E-state index in [0.717, 1.165) is 42.8 Å². The van der Waals surface area contributed by atoms with E-state index in [1.54, 1.807) is 6.92 Å². The topological polar surface area (TPSA) is 58.6 Å². The quantitative estimate of drug-likeness (QED) is 0.814. The lowest BCUT2D eigenvalue weighted by molar-refractivity contribution is -0.127. The summed E-state index contributed by atoms with van der Waals surface area (Å²) in [5.74, 6) is 0.861. The number of anilines is 1. The molecule has 0 aromatic heterocycles. The highest BCUT2D eigenvalue weighted by Crippen LogP contribution is 2.30. The smallest absolute Gasteiger partial charge is 0.261 e. The molecule has 1 saturated heterocycles. The Morgan fingerprint density at radius 1 is 1.10 bits per heavy atom. The van der Waals surface area contributed by atoms with E-state index in [0.29, 0.717) is 13.0 Å². The van der Waals surface area contributed by atoms with Gasteiger partial charge in [-0.25, -0.2) is 0 Å². The second-order valence-electron chi connectivity index (χ2n) is 7.90. The van der Waals surface area contributed by atoms with Gasteiger partial charge in [-0.15, -0.1) is 0 Å². The van der Waals surface area contributed by atoms with Gasteiger partial charge in [-0.2, -0.15) is 0 Å². The number of nitrogens with one attached hydrogen (secondary N) is 1. The van der Waals surface area contributed by atoms with Crippen LogP contribution in [0.3, 0.4) is 0 Å². The number of hydrogen-bond acceptors (Lipinski definition) is 3. The van der Waals surface area contributed by atoms with Gasteiger partial charge in [-0.3, -0.25) is 9.59 Å². The van der Waals surface area contributed by atoms with Crippen molar-refractivity contribution in [2.45, 2.75) is 58.1 Å². The molecule has 2 aromatic rings. The molecule has 1 heterocycles. The largest absolute Gasteiger partial charge is 0.481 e. The summed E-state index contributed by atoms with van der Waals surface area (Å²) in [5, 5.41) is 2.96. The Kier molecular flexibility index (Phi) is 5.84. The molecule has 5 heteroatoms. The van der Waals surface area contributed by atoms with Crippen LogP contribution in [0.1, 0.15) is 49.3 Å². The van der Waals surface area contributed by atoms with Gasteiger partial charge in [0.05, 0.1) is 0 Å². The van der Waals surface area contributed by atoms with Crippen molar-refractivity contribution in [2.75, 3.05) is 11.4 Å². The van der Waals surface area contributed by atoms with Crippen molar-refractivity contribution in [2.24, 2.45) is 0 Å². The Hall–Kier alpha value is -2.82. The van der Waals surface area contributed by atoms with Gasteiger partial charge in [0.2, 0.25) is 5.91 Å². The molecule has 5 nitrogen and oxygen atoms in total. The highest BCUT2D eigenvalue weighted by Gasteiger charge is 2.22. The van der Waals surface area contributed by atoms with E-state index in [4.69, 9.17) is 4.74 Å². The van der Waals surface area contributed by atoms with Crippen LogP contribution < -0.4 is 15.0 Å². The third-order valence-electron chi connectivity index (χ3n) is 5.79. The van der Waals surface area contributed by atoms with Crippen LogP contribution in [-0.2, 0) is 29.0 Å². The molecule has 1 atom stereocenters. The number of rotatable bonds is 6. The number of carbonyl (C=O) groups is 2. The molecule has 0 saturated carbocycles. The third-order valence-corrected chi connectivity index (χ3v) is 5.79. The summed E-state index contributed by atoms with van der Waals surface area (Å²) >= 11 is 0. The lowest BCUT2D eigenvalue weighted by atomic mass is 9.91. The Balaban J connectivity index is 1.36. The van der Waals surface area contributed by atoms with Gasteiger partial charge in [0.1, 0.15) is 5.75 Å². The van der Waals surface area contributed by atoms with Crippen molar-refractivity contribution in [3.63, 3.8) is 0 Å². The van der Waals surface area contributed by atoms with Crippen LogP contribution >= 0.6 is 0 Å². The first-order valence-corrected chi connectivity index (χ1v) is 10.6. The van der Waals surface area contributed by atoms with Gasteiger partial charge in [-0.05, 0) is 73.9 Å². The molecule has 0 radical (unpaired) electrons. The summed E-state index contributed by atoms with van der Waals surface area (Å²) in [5.41, 5.74) is 4.47. The zero-order valence-corrected chi connectivity index (χ0v) is 16.9. The number of benzene rings is 2. The first-order valence-electron chi connectivity index (χ1n) is 10.6. The summed E-state index contributed by atoms with van der Waals surface area (Å²) in [4.78, 5) is 26.4. The minimum atomic E-state index is -0.563. The monoisotopic (exact) mass is 392 g/mol. The predicted octanol–water partition coefficient (Wildman–Crippen LogP) is 3.78. The number of fused-ring (bicyclic) bond motifs is 1. The molecule has 4 rings (SSSR count). The molecule has 2 amide bonds. The Morgan fingerprint density at radius 3 is 2.76 bits per heavy atom. The van der Waals surface area contributed by atoms with Gasteiger partial charge >= 0.3 is 0 Å². The first kappa shape index (κ1) is 19.5. The molecule has 29 heavy (non-hydrogen) atoms.